The summed E-state index contributed by atoms with van der Waals surface area (Å²) < 4.78 is 1.02. The van der Waals surface area contributed by atoms with Gasteiger partial charge >= 0.3 is 0 Å². The number of benzene rings is 1. The zero-order valence-electron chi connectivity index (χ0n) is 11.0. The van der Waals surface area contributed by atoms with Gasteiger partial charge in [0.05, 0.1) is 3.79 Å². The van der Waals surface area contributed by atoms with Crippen molar-refractivity contribution in [2.75, 3.05) is 0 Å². The molecular weight excluding hydrogens is 352 g/mol. The maximum Gasteiger partial charge on any atom is 0.248 e. The molecule has 0 saturated heterocycles. The number of nitrogens with two attached hydrogens (primary N) is 1. The molecule has 0 fully saturated rings. The van der Waals surface area contributed by atoms with Crippen LogP contribution in [0.25, 0.3) is 6.08 Å². The Hall–Kier alpha value is -1.92. The fourth-order valence-electron chi connectivity index (χ4n) is 1.66. The van der Waals surface area contributed by atoms with Crippen LogP contribution in [0.3, 0.4) is 0 Å². The van der Waals surface area contributed by atoms with E-state index in [1.54, 1.807) is 35.6 Å². The molecular formula is C15H13BrN2O2S. The van der Waals surface area contributed by atoms with Crippen molar-refractivity contribution in [3.8, 4) is 0 Å². The van der Waals surface area contributed by atoms with E-state index < -0.39 is 5.91 Å². The quantitative estimate of drug-likeness (QED) is 0.800. The highest BCUT2D eigenvalue weighted by atomic mass is 79.9. The Balaban J connectivity index is 1.90. The van der Waals surface area contributed by atoms with Crippen LogP contribution in [0.5, 0.6) is 0 Å². The Kier molecular flexibility index (Phi) is 5.30. The maximum atomic E-state index is 11.7. The third-order valence-electron chi connectivity index (χ3n) is 2.67. The molecule has 1 aromatic carbocycles. The van der Waals surface area contributed by atoms with E-state index in [-0.39, 0.29) is 5.91 Å². The molecule has 3 N–H and O–H groups in total. The molecule has 21 heavy (non-hydrogen) atoms. The van der Waals surface area contributed by atoms with Crippen LogP contribution < -0.4 is 11.1 Å². The van der Waals surface area contributed by atoms with Crippen LogP contribution in [0.1, 0.15) is 20.8 Å². The van der Waals surface area contributed by atoms with E-state index >= 15 is 0 Å². The molecule has 108 valence electrons. The van der Waals surface area contributed by atoms with Gasteiger partial charge in [-0.2, -0.15) is 0 Å². The van der Waals surface area contributed by atoms with E-state index in [9.17, 15) is 9.59 Å². The van der Waals surface area contributed by atoms with Crippen LogP contribution in [0.2, 0.25) is 0 Å². The minimum atomic E-state index is -0.480. The van der Waals surface area contributed by atoms with Gasteiger partial charge < -0.3 is 11.1 Å². The summed E-state index contributed by atoms with van der Waals surface area (Å²) in [6.45, 7) is 0.346. The molecule has 0 aliphatic heterocycles. The lowest BCUT2D eigenvalue weighted by atomic mass is 10.1. The zero-order valence-corrected chi connectivity index (χ0v) is 13.4. The first-order chi connectivity index (χ1) is 10.0. The standard InChI is InChI=1S/C15H13BrN2O2S/c16-13-6-4-12(21-13)5-7-14(19)18-9-10-2-1-3-11(8-10)15(17)20/h1-8H,9H2,(H2,17,20)(H,18,19)/b7-5+. The summed E-state index contributed by atoms with van der Waals surface area (Å²) in [6.07, 6.45) is 3.24. The SMILES string of the molecule is NC(=O)c1cccc(CNC(=O)/C=C/c2ccc(Br)s2)c1. The van der Waals surface area contributed by atoms with Crippen LogP contribution in [0.4, 0.5) is 0 Å². The highest BCUT2D eigenvalue weighted by Gasteiger charge is 2.02. The Morgan fingerprint density at radius 2 is 2.10 bits per heavy atom. The van der Waals surface area contributed by atoms with Gasteiger partial charge in [-0.3, -0.25) is 9.59 Å². The molecule has 1 heterocycles. The molecule has 0 radical (unpaired) electrons. The zero-order chi connectivity index (χ0) is 15.2. The fraction of sp³-hybridized carbons (Fsp3) is 0.0667. The molecule has 0 saturated carbocycles. The van der Waals surface area contributed by atoms with Gasteiger partial charge in [-0.15, -0.1) is 11.3 Å². The second-order valence-electron chi connectivity index (χ2n) is 4.26. The number of rotatable bonds is 5. The predicted octanol–water partition coefficient (Wildman–Crippen LogP) is 2.94. The van der Waals surface area contributed by atoms with Gasteiger partial charge in [0.15, 0.2) is 0 Å². The summed E-state index contributed by atoms with van der Waals surface area (Å²) in [4.78, 5) is 23.8. The molecule has 0 atom stereocenters. The van der Waals surface area contributed by atoms with Crippen LogP contribution >= 0.6 is 27.3 Å². The van der Waals surface area contributed by atoms with Crippen molar-refractivity contribution in [2.24, 2.45) is 5.73 Å². The highest BCUT2D eigenvalue weighted by Crippen LogP contribution is 2.22. The predicted molar refractivity (Wildman–Crippen MR) is 87.9 cm³/mol. The number of primary amides is 1. The maximum absolute atomic E-state index is 11.7. The summed E-state index contributed by atoms with van der Waals surface area (Å²) in [5, 5.41) is 2.76. The highest BCUT2D eigenvalue weighted by molar-refractivity contribution is 9.11. The number of carbonyl (C=O) groups is 2. The second kappa shape index (κ2) is 7.19. The van der Waals surface area contributed by atoms with E-state index in [0.29, 0.717) is 12.1 Å². The van der Waals surface area contributed by atoms with E-state index in [4.69, 9.17) is 5.73 Å². The monoisotopic (exact) mass is 364 g/mol. The van der Waals surface area contributed by atoms with Gasteiger partial charge in [-0.05, 0) is 51.8 Å². The molecule has 0 aliphatic carbocycles. The number of carbonyl (C=O) groups excluding carboxylic acids is 2. The van der Waals surface area contributed by atoms with Crippen molar-refractivity contribution in [3.05, 3.63) is 62.3 Å². The topological polar surface area (TPSA) is 72.2 Å². The van der Waals surface area contributed by atoms with E-state index in [1.165, 1.54) is 6.08 Å². The van der Waals surface area contributed by atoms with Gasteiger partial charge in [0, 0.05) is 23.1 Å². The molecule has 2 rings (SSSR count). The fourth-order valence-corrected chi connectivity index (χ4v) is 2.98. The van der Waals surface area contributed by atoms with Gasteiger partial charge in [-0.1, -0.05) is 12.1 Å². The van der Waals surface area contributed by atoms with Crippen molar-refractivity contribution >= 4 is 45.2 Å². The lowest BCUT2D eigenvalue weighted by molar-refractivity contribution is -0.116. The molecule has 6 heteroatoms. The molecule has 0 aliphatic rings. The van der Waals surface area contributed by atoms with Crippen molar-refractivity contribution in [3.63, 3.8) is 0 Å². The summed E-state index contributed by atoms with van der Waals surface area (Å²) in [7, 11) is 0. The minimum Gasteiger partial charge on any atom is -0.366 e. The lowest BCUT2D eigenvalue weighted by Crippen LogP contribution is -2.20. The van der Waals surface area contributed by atoms with Gasteiger partial charge in [0.2, 0.25) is 11.8 Å². The molecule has 1 aromatic heterocycles. The van der Waals surface area contributed by atoms with E-state index in [0.717, 1.165) is 14.2 Å². The Labute approximate surface area is 134 Å². The average molecular weight is 365 g/mol. The van der Waals surface area contributed by atoms with Crippen LogP contribution in [0, 0.1) is 0 Å². The molecule has 0 unspecified atom stereocenters. The molecule has 2 amide bonds. The van der Waals surface area contributed by atoms with Gasteiger partial charge in [0.25, 0.3) is 0 Å². The Morgan fingerprint density at radius 1 is 1.29 bits per heavy atom. The van der Waals surface area contributed by atoms with Crippen molar-refractivity contribution < 1.29 is 9.59 Å². The summed E-state index contributed by atoms with van der Waals surface area (Å²) in [5.41, 5.74) is 6.47. The molecule has 4 nitrogen and oxygen atoms in total. The largest absolute Gasteiger partial charge is 0.366 e. The van der Waals surface area contributed by atoms with Gasteiger partial charge in [-0.25, -0.2) is 0 Å². The van der Waals surface area contributed by atoms with Crippen LogP contribution in [-0.4, -0.2) is 11.8 Å². The number of nitrogens with one attached hydrogen (secondary N) is 1. The van der Waals surface area contributed by atoms with E-state index in [2.05, 4.69) is 21.2 Å². The Bertz CT molecular complexity index is 694. The number of hydrogen-bond acceptors (Lipinski definition) is 3. The molecule has 2 aromatic rings. The molecule has 0 spiro atoms. The van der Waals surface area contributed by atoms with Crippen molar-refractivity contribution in [1.29, 1.82) is 0 Å². The van der Waals surface area contributed by atoms with Gasteiger partial charge in [0.1, 0.15) is 0 Å². The first-order valence-corrected chi connectivity index (χ1v) is 7.75. The first kappa shape index (κ1) is 15.5. The number of halogens is 1. The van der Waals surface area contributed by atoms with Crippen molar-refractivity contribution in [1.82, 2.24) is 5.32 Å². The number of thiophene rings is 1. The molecule has 0 bridgehead atoms. The van der Waals surface area contributed by atoms with E-state index in [1.807, 2.05) is 18.2 Å². The summed E-state index contributed by atoms with van der Waals surface area (Å²) in [6, 6.07) is 10.7. The third-order valence-corrected chi connectivity index (χ3v) is 4.26. The lowest BCUT2D eigenvalue weighted by Gasteiger charge is -2.04. The minimum absolute atomic E-state index is 0.191. The number of hydrogen-bond donors (Lipinski definition) is 2. The average Bonchev–Trinajstić information content (AvgIpc) is 2.89. The normalized spacial score (nSPS) is 10.7. The van der Waals surface area contributed by atoms with Crippen LogP contribution in [-0.2, 0) is 11.3 Å². The summed E-state index contributed by atoms with van der Waals surface area (Å²) >= 11 is 4.91. The third kappa shape index (κ3) is 4.84. The Morgan fingerprint density at radius 3 is 2.76 bits per heavy atom. The van der Waals surface area contributed by atoms with Crippen molar-refractivity contribution in [2.45, 2.75) is 6.54 Å². The number of amides is 2. The van der Waals surface area contributed by atoms with Crippen LogP contribution in [0.15, 0.2) is 46.3 Å². The first-order valence-electron chi connectivity index (χ1n) is 6.14. The smallest absolute Gasteiger partial charge is 0.248 e. The second-order valence-corrected chi connectivity index (χ2v) is 6.75. The summed E-state index contributed by atoms with van der Waals surface area (Å²) in [5.74, 6) is -0.671.